The summed E-state index contributed by atoms with van der Waals surface area (Å²) < 4.78 is 12.1. The predicted octanol–water partition coefficient (Wildman–Crippen LogP) is 3.81. The van der Waals surface area contributed by atoms with Gasteiger partial charge in [0, 0.05) is 24.8 Å². The lowest BCUT2D eigenvalue weighted by Gasteiger charge is -2.24. The van der Waals surface area contributed by atoms with Crippen LogP contribution in [-0.4, -0.2) is 47.3 Å². The average Bonchev–Trinajstić information content (AvgIpc) is 3.01. The summed E-state index contributed by atoms with van der Waals surface area (Å²) in [6.07, 6.45) is 0.138. The smallest absolute Gasteiger partial charge is 0.252 e. The first-order valence-electron chi connectivity index (χ1n) is 9.27. The van der Waals surface area contributed by atoms with Gasteiger partial charge < -0.3 is 19.5 Å². The van der Waals surface area contributed by atoms with E-state index in [4.69, 9.17) is 9.47 Å². The number of aromatic nitrogens is 1. The molecule has 1 N–H and O–H groups in total. The average molecular weight is 398 g/mol. The molecular weight excluding hydrogens is 376 g/mol. The molecule has 0 unspecified atom stereocenters. The number of amides is 1. The van der Waals surface area contributed by atoms with Crippen LogP contribution in [0.25, 0.3) is 20.8 Å². The molecule has 0 saturated carbocycles. The summed E-state index contributed by atoms with van der Waals surface area (Å²) in [4.78, 5) is 19.2. The fourth-order valence-corrected chi connectivity index (χ4v) is 4.40. The number of hydrogen-bond donors (Lipinski definition) is 1. The zero-order chi connectivity index (χ0) is 19.7. The first-order chi connectivity index (χ1) is 13.6. The third kappa shape index (κ3) is 3.43. The van der Waals surface area contributed by atoms with E-state index in [-0.39, 0.29) is 11.7 Å². The number of rotatable bonds is 4. The van der Waals surface area contributed by atoms with Crippen molar-refractivity contribution < 1.29 is 19.4 Å². The second kappa shape index (κ2) is 7.77. The van der Waals surface area contributed by atoms with Crippen molar-refractivity contribution in [2.45, 2.75) is 26.0 Å². The summed E-state index contributed by atoms with van der Waals surface area (Å²) in [6, 6.07) is 11.6. The number of carbonyl (C=O) groups excluding carboxylic acids is 1. The molecule has 1 aliphatic heterocycles. The van der Waals surface area contributed by atoms with Gasteiger partial charge in [0.05, 0.1) is 16.8 Å². The van der Waals surface area contributed by atoms with Gasteiger partial charge in [0.1, 0.15) is 17.7 Å². The first-order valence-corrected chi connectivity index (χ1v) is 10.1. The lowest BCUT2D eigenvalue weighted by atomic mass is 10.1. The van der Waals surface area contributed by atoms with E-state index in [0.717, 1.165) is 26.4 Å². The van der Waals surface area contributed by atoms with E-state index in [9.17, 15) is 9.90 Å². The fraction of sp³-hybridized carbons (Fsp3) is 0.333. The van der Waals surface area contributed by atoms with Crippen molar-refractivity contribution >= 4 is 27.5 Å². The van der Waals surface area contributed by atoms with Gasteiger partial charge in [0.2, 0.25) is 0 Å². The Morgan fingerprint density at radius 1 is 1.39 bits per heavy atom. The van der Waals surface area contributed by atoms with Crippen LogP contribution in [0, 0.1) is 0 Å². The molecular formula is C21H22N2O4S. The fourth-order valence-electron chi connectivity index (χ4n) is 3.45. The summed E-state index contributed by atoms with van der Waals surface area (Å²) in [6.45, 7) is 3.06. The van der Waals surface area contributed by atoms with E-state index in [1.165, 1.54) is 0 Å². The van der Waals surface area contributed by atoms with Gasteiger partial charge in [-0.05, 0) is 30.7 Å². The van der Waals surface area contributed by atoms with E-state index in [1.807, 2.05) is 37.3 Å². The number of hydrogen-bond acceptors (Lipinski definition) is 6. The highest BCUT2D eigenvalue weighted by molar-refractivity contribution is 7.21. The van der Waals surface area contributed by atoms with Crippen LogP contribution in [-0.2, 0) is 16.1 Å². The van der Waals surface area contributed by atoms with Gasteiger partial charge in [-0.25, -0.2) is 4.98 Å². The molecule has 0 spiro atoms. The molecule has 0 fully saturated rings. The Bertz CT molecular complexity index is 980. The Hall–Kier alpha value is -2.64. The van der Waals surface area contributed by atoms with Gasteiger partial charge in [-0.15, -0.1) is 11.3 Å². The second-order valence-electron chi connectivity index (χ2n) is 6.71. The number of fused-ring (bicyclic) bond motifs is 2. The summed E-state index contributed by atoms with van der Waals surface area (Å²) in [5.41, 5.74) is 2.51. The Kier molecular flexibility index (Phi) is 5.19. The maximum absolute atomic E-state index is 12.8. The van der Waals surface area contributed by atoms with Gasteiger partial charge in [-0.2, -0.15) is 0 Å². The molecule has 7 heteroatoms. The normalized spacial score (nSPS) is 15.0. The van der Waals surface area contributed by atoms with E-state index >= 15 is 0 Å². The molecule has 0 aliphatic carbocycles. The van der Waals surface area contributed by atoms with E-state index in [1.54, 1.807) is 29.4 Å². The van der Waals surface area contributed by atoms with Crippen molar-refractivity contribution in [2.24, 2.45) is 0 Å². The minimum Gasteiger partial charge on any atom is -0.504 e. The van der Waals surface area contributed by atoms with Crippen molar-refractivity contribution in [3.63, 3.8) is 0 Å². The number of methoxy groups -OCH3 is 1. The molecule has 1 atom stereocenters. The third-order valence-corrected chi connectivity index (χ3v) is 5.98. The molecule has 2 heterocycles. The second-order valence-corrected chi connectivity index (χ2v) is 7.74. The molecule has 0 radical (unpaired) electrons. The number of aromatic hydroxyl groups is 1. The number of phenols is 1. The Morgan fingerprint density at radius 3 is 2.96 bits per heavy atom. The highest BCUT2D eigenvalue weighted by atomic mass is 32.1. The van der Waals surface area contributed by atoms with Crippen molar-refractivity contribution in [1.29, 1.82) is 0 Å². The minimum atomic E-state index is -0.470. The predicted molar refractivity (Wildman–Crippen MR) is 109 cm³/mol. The Labute approximate surface area is 167 Å². The standard InChI is InChI=1S/C21H22N2O4S/c1-3-17(26-2)21(25)23-8-9-27-19-14(12-23)10-13(11-16(19)24)20-22-15-6-4-5-7-18(15)28-20/h4-7,10-11,17,24H,3,8-9,12H2,1-2H3/t17-/m0/s1. The van der Waals surface area contributed by atoms with Gasteiger partial charge in [-0.3, -0.25) is 4.79 Å². The molecule has 1 aromatic heterocycles. The molecule has 3 aromatic rings. The van der Waals surface area contributed by atoms with E-state index < -0.39 is 6.10 Å². The van der Waals surface area contributed by atoms with Crippen molar-refractivity contribution in [3.05, 3.63) is 42.0 Å². The largest absolute Gasteiger partial charge is 0.504 e. The molecule has 0 bridgehead atoms. The first kappa shape index (κ1) is 18.7. The van der Waals surface area contributed by atoms with Crippen LogP contribution in [0.1, 0.15) is 18.9 Å². The highest BCUT2D eigenvalue weighted by Gasteiger charge is 2.27. The molecule has 28 heavy (non-hydrogen) atoms. The zero-order valence-corrected chi connectivity index (χ0v) is 16.7. The quantitative estimate of drug-likeness (QED) is 0.723. The molecule has 6 nitrogen and oxygen atoms in total. The monoisotopic (exact) mass is 398 g/mol. The van der Waals surface area contributed by atoms with Crippen LogP contribution < -0.4 is 4.74 Å². The number of nitrogens with zero attached hydrogens (tertiary/aromatic N) is 2. The Balaban J connectivity index is 1.70. The molecule has 2 aromatic carbocycles. The summed E-state index contributed by atoms with van der Waals surface area (Å²) in [5.74, 6) is 0.441. The van der Waals surface area contributed by atoms with Gasteiger partial charge in [0.15, 0.2) is 11.5 Å². The van der Waals surface area contributed by atoms with Gasteiger partial charge >= 0.3 is 0 Å². The van der Waals surface area contributed by atoms with Gasteiger partial charge in [0.25, 0.3) is 5.91 Å². The Morgan fingerprint density at radius 2 is 2.21 bits per heavy atom. The van der Waals surface area contributed by atoms with Crippen LogP contribution in [0.3, 0.4) is 0 Å². The maximum atomic E-state index is 12.8. The lowest BCUT2D eigenvalue weighted by molar-refractivity contribution is -0.142. The van der Waals surface area contributed by atoms with Crippen LogP contribution in [0.2, 0.25) is 0 Å². The number of para-hydroxylation sites is 1. The molecule has 0 saturated heterocycles. The van der Waals surface area contributed by atoms with Gasteiger partial charge in [-0.1, -0.05) is 19.1 Å². The topological polar surface area (TPSA) is 71.9 Å². The molecule has 1 amide bonds. The summed E-state index contributed by atoms with van der Waals surface area (Å²) >= 11 is 1.57. The third-order valence-electron chi connectivity index (χ3n) is 4.90. The van der Waals surface area contributed by atoms with Crippen LogP contribution in [0.15, 0.2) is 36.4 Å². The number of carbonyl (C=O) groups is 1. The number of phenolic OH excluding ortho intramolecular Hbond substituents is 1. The van der Waals surface area contributed by atoms with Crippen molar-refractivity contribution in [1.82, 2.24) is 9.88 Å². The van der Waals surface area contributed by atoms with Crippen molar-refractivity contribution in [3.8, 4) is 22.1 Å². The number of thiazole rings is 1. The van der Waals surface area contributed by atoms with E-state index in [2.05, 4.69) is 4.98 Å². The molecule has 1 aliphatic rings. The summed E-state index contributed by atoms with van der Waals surface area (Å²) in [5, 5.41) is 11.4. The van der Waals surface area contributed by atoms with Crippen LogP contribution in [0.5, 0.6) is 11.5 Å². The maximum Gasteiger partial charge on any atom is 0.252 e. The summed E-state index contributed by atoms with van der Waals surface area (Å²) in [7, 11) is 1.55. The molecule has 146 valence electrons. The highest BCUT2D eigenvalue weighted by Crippen LogP contribution is 2.39. The number of ether oxygens (including phenoxy) is 2. The SMILES string of the molecule is CC[C@H](OC)C(=O)N1CCOc2c(O)cc(-c3nc4ccccc4s3)cc2C1. The van der Waals surface area contributed by atoms with E-state index in [0.29, 0.717) is 31.9 Å². The van der Waals surface area contributed by atoms with Crippen LogP contribution in [0.4, 0.5) is 0 Å². The van der Waals surface area contributed by atoms with Crippen LogP contribution >= 0.6 is 11.3 Å². The minimum absolute atomic E-state index is 0.0636. The number of benzene rings is 2. The lowest BCUT2D eigenvalue weighted by Crippen LogP contribution is -2.40. The zero-order valence-electron chi connectivity index (χ0n) is 15.8. The van der Waals surface area contributed by atoms with Crippen molar-refractivity contribution in [2.75, 3.05) is 20.3 Å². The molecule has 4 rings (SSSR count).